The van der Waals surface area contributed by atoms with Crippen LogP contribution in [0.1, 0.15) is 74.5 Å². The van der Waals surface area contributed by atoms with E-state index in [-0.39, 0.29) is 55.1 Å². The molecule has 3 aromatic rings. The van der Waals surface area contributed by atoms with E-state index in [0.717, 1.165) is 48.5 Å². The third-order valence-corrected chi connectivity index (χ3v) is 7.49. The summed E-state index contributed by atoms with van der Waals surface area (Å²) in [5.41, 5.74) is 3.54. The Morgan fingerprint density at radius 2 is 1.70 bits per heavy atom. The second-order valence-corrected chi connectivity index (χ2v) is 10.6. The van der Waals surface area contributed by atoms with E-state index in [1.165, 1.54) is 13.5 Å². The number of aromatic amines is 2. The maximum atomic E-state index is 13.3. The van der Waals surface area contributed by atoms with Gasteiger partial charge in [-0.1, -0.05) is 31.9 Å². The SMILES string of the molecule is COC(=O)N[C@H](C(=O)N1CCC[C@H]1c1ncc(C#CC#Cc2ccc(-c3cnc([C@@H]4CCCN4)[nH]3)cc2)[nH]1)C(C)C.Cl.Cl.Cl. The van der Waals surface area contributed by atoms with E-state index < -0.39 is 12.1 Å². The van der Waals surface area contributed by atoms with Gasteiger partial charge in [-0.05, 0) is 73.6 Å². The van der Waals surface area contributed by atoms with E-state index in [1.54, 1.807) is 11.1 Å². The number of amides is 2. The fourth-order valence-corrected chi connectivity index (χ4v) is 5.28. The zero-order valence-electron chi connectivity index (χ0n) is 24.8. The monoisotopic (exact) mass is 661 g/mol. The fourth-order valence-electron chi connectivity index (χ4n) is 5.28. The van der Waals surface area contributed by atoms with Gasteiger partial charge < -0.3 is 30.2 Å². The van der Waals surface area contributed by atoms with E-state index in [1.807, 2.05) is 44.3 Å². The number of nitrogens with one attached hydrogen (secondary N) is 4. The molecule has 236 valence electrons. The van der Waals surface area contributed by atoms with Crippen LogP contribution in [-0.2, 0) is 9.53 Å². The van der Waals surface area contributed by atoms with E-state index in [4.69, 9.17) is 4.74 Å². The molecule has 2 aliphatic rings. The van der Waals surface area contributed by atoms with Crippen LogP contribution in [0.4, 0.5) is 4.79 Å². The lowest BCUT2D eigenvalue weighted by molar-refractivity contribution is -0.135. The van der Waals surface area contributed by atoms with Crippen molar-refractivity contribution in [3.8, 4) is 34.9 Å². The van der Waals surface area contributed by atoms with E-state index in [9.17, 15) is 9.59 Å². The zero-order valence-corrected chi connectivity index (χ0v) is 27.3. The van der Waals surface area contributed by atoms with Gasteiger partial charge in [0, 0.05) is 12.1 Å². The summed E-state index contributed by atoms with van der Waals surface area (Å²) < 4.78 is 4.70. The van der Waals surface area contributed by atoms with Crippen molar-refractivity contribution in [2.75, 3.05) is 20.2 Å². The molecule has 4 N–H and O–H groups in total. The first-order valence-corrected chi connectivity index (χ1v) is 14.0. The number of likely N-dealkylation sites (tertiary alicyclic amines) is 1. The van der Waals surface area contributed by atoms with Crippen molar-refractivity contribution in [1.29, 1.82) is 0 Å². The molecule has 5 rings (SSSR count). The number of hydrogen-bond donors (Lipinski definition) is 4. The number of ether oxygens (including phenoxy) is 1. The van der Waals surface area contributed by atoms with Gasteiger partial charge in [-0.25, -0.2) is 14.8 Å². The number of rotatable bonds is 6. The standard InChI is InChI=1S/C31H35N7O3.3ClH/c1-20(2)27(37-31(40)41-3)30(39)38-17-7-11-26(38)29-33-18-23(35-29)9-5-4-8-21-12-14-22(15-13-21)25-19-34-28(36-25)24-10-6-16-32-24;;;/h12-15,18-20,24,26-27,32H,6-7,10-11,16-17H2,1-3H3,(H,33,35)(H,34,36)(H,37,40);3*1H/t24-,26-,27-;;;/m0.../s1. The highest BCUT2D eigenvalue weighted by Crippen LogP contribution is 2.31. The van der Waals surface area contributed by atoms with Crippen molar-refractivity contribution < 1.29 is 14.3 Å². The minimum absolute atomic E-state index is 0. The number of H-pyrrole nitrogens is 2. The topological polar surface area (TPSA) is 128 Å². The zero-order chi connectivity index (χ0) is 28.8. The predicted octanol–water partition coefficient (Wildman–Crippen LogP) is 4.94. The lowest BCUT2D eigenvalue weighted by Gasteiger charge is -2.29. The molecule has 2 saturated heterocycles. The van der Waals surface area contributed by atoms with Crippen molar-refractivity contribution in [3.05, 3.63) is 59.6 Å². The van der Waals surface area contributed by atoms with Gasteiger partial charge in [0.05, 0.1) is 37.3 Å². The van der Waals surface area contributed by atoms with Crippen molar-refractivity contribution in [3.63, 3.8) is 0 Å². The molecule has 0 bridgehead atoms. The molecule has 2 aromatic heterocycles. The van der Waals surface area contributed by atoms with Crippen LogP contribution in [0.25, 0.3) is 11.3 Å². The molecule has 0 saturated carbocycles. The van der Waals surface area contributed by atoms with Crippen LogP contribution in [0.3, 0.4) is 0 Å². The van der Waals surface area contributed by atoms with Gasteiger partial charge in [0.1, 0.15) is 23.4 Å². The quantitative estimate of drug-likeness (QED) is 0.277. The average Bonchev–Trinajstić information content (AvgIpc) is 3.80. The number of alkyl carbamates (subject to hydrolysis) is 1. The summed E-state index contributed by atoms with van der Waals surface area (Å²) in [5, 5.41) is 6.12. The van der Waals surface area contributed by atoms with Gasteiger partial charge in [-0.15, -0.1) is 37.2 Å². The van der Waals surface area contributed by atoms with E-state index >= 15 is 0 Å². The van der Waals surface area contributed by atoms with Gasteiger partial charge in [-0.2, -0.15) is 0 Å². The number of hydrogen-bond acceptors (Lipinski definition) is 6. The summed E-state index contributed by atoms with van der Waals surface area (Å²) in [6.45, 7) is 5.42. The Morgan fingerprint density at radius 1 is 0.977 bits per heavy atom. The van der Waals surface area contributed by atoms with E-state index in [2.05, 4.69) is 54.3 Å². The van der Waals surface area contributed by atoms with Crippen LogP contribution < -0.4 is 10.6 Å². The van der Waals surface area contributed by atoms with Crippen molar-refractivity contribution in [1.82, 2.24) is 35.5 Å². The third-order valence-electron chi connectivity index (χ3n) is 7.49. The second kappa shape index (κ2) is 17.0. The Labute approximate surface area is 276 Å². The lowest BCUT2D eigenvalue weighted by Crippen LogP contribution is -2.51. The number of nitrogens with zero attached hydrogens (tertiary/aromatic N) is 3. The number of methoxy groups -OCH3 is 1. The summed E-state index contributed by atoms with van der Waals surface area (Å²) in [6.07, 6.45) is 6.83. The largest absolute Gasteiger partial charge is 0.453 e. The molecule has 0 aliphatic carbocycles. The van der Waals surface area contributed by atoms with E-state index in [0.29, 0.717) is 24.1 Å². The fraction of sp³-hybridized carbons (Fsp3) is 0.419. The van der Waals surface area contributed by atoms with Crippen LogP contribution in [0, 0.1) is 29.6 Å². The molecule has 44 heavy (non-hydrogen) atoms. The molecule has 0 unspecified atom stereocenters. The molecule has 10 nitrogen and oxygen atoms in total. The maximum absolute atomic E-state index is 13.3. The highest BCUT2D eigenvalue weighted by molar-refractivity contribution is 5.86. The summed E-state index contributed by atoms with van der Waals surface area (Å²) in [6, 6.07) is 7.42. The molecule has 2 amide bonds. The molecule has 3 atom stereocenters. The lowest BCUT2D eigenvalue weighted by atomic mass is 10.0. The number of carbonyl (C=O) groups excluding carboxylic acids is 2. The van der Waals surface area contributed by atoms with Gasteiger partial charge >= 0.3 is 6.09 Å². The van der Waals surface area contributed by atoms with Crippen molar-refractivity contribution >= 4 is 49.2 Å². The highest BCUT2D eigenvalue weighted by Gasteiger charge is 2.37. The Kier molecular flexibility index (Phi) is 14.1. The first-order chi connectivity index (χ1) is 19.9. The van der Waals surface area contributed by atoms with Crippen LogP contribution in [-0.4, -0.2) is 63.1 Å². The Morgan fingerprint density at radius 3 is 2.39 bits per heavy atom. The van der Waals surface area contributed by atoms with Gasteiger partial charge in [0.15, 0.2) is 0 Å². The molecule has 2 aliphatic heterocycles. The minimum atomic E-state index is -0.673. The smallest absolute Gasteiger partial charge is 0.407 e. The van der Waals surface area contributed by atoms with Crippen LogP contribution in [0.15, 0.2) is 36.7 Å². The average molecular weight is 663 g/mol. The summed E-state index contributed by atoms with van der Waals surface area (Å²) in [5.74, 6) is 13.3. The van der Waals surface area contributed by atoms with Crippen molar-refractivity contribution in [2.24, 2.45) is 5.92 Å². The predicted molar refractivity (Wildman–Crippen MR) is 176 cm³/mol. The normalized spacial score (nSPS) is 17.5. The molecular weight excluding hydrogens is 625 g/mol. The molecule has 0 radical (unpaired) electrons. The van der Waals surface area contributed by atoms with Gasteiger partial charge in [0.25, 0.3) is 0 Å². The number of halogens is 3. The Balaban J connectivity index is 0.00000225. The Bertz CT molecular complexity index is 1510. The number of benzene rings is 1. The first-order valence-electron chi connectivity index (χ1n) is 14.0. The summed E-state index contributed by atoms with van der Waals surface area (Å²) >= 11 is 0. The molecular formula is C31H38Cl3N7O3. The third kappa shape index (κ3) is 8.71. The summed E-state index contributed by atoms with van der Waals surface area (Å²) in [4.78, 5) is 42.5. The number of aromatic nitrogens is 4. The number of imidazole rings is 2. The number of carbonyl (C=O) groups is 2. The van der Waals surface area contributed by atoms with Crippen LogP contribution >= 0.6 is 37.2 Å². The Hall–Kier alpha value is -3.67. The van der Waals surface area contributed by atoms with Crippen LogP contribution in [0.2, 0.25) is 0 Å². The van der Waals surface area contributed by atoms with Crippen LogP contribution in [0.5, 0.6) is 0 Å². The van der Waals surface area contributed by atoms with Gasteiger partial charge in [0.2, 0.25) is 5.91 Å². The minimum Gasteiger partial charge on any atom is -0.453 e. The molecule has 1 aromatic carbocycles. The highest BCUT2D eigenvalue weighted by atomic mass is 35.5. The molecule has 13 heteroatoms. The molecule has 0 spiro atoms. The second-order valence-electron chi connectivity index (χ2n) is 10.6. The van der Waals surface area contributed by atoms with Gasteiger partial charge in [-0.3, -0.25) is 4.79 Å². The molecule has 2 fully saturated rings. The maximum Gasteiger partial charge on any atom is 0.407 e. The molecule has 4 heterocycles. The summed E-state index contributed by atoms with van der Waals surface area (Å²) in [7, 11) is 1.29. The first kappa shape index (κ1) is 36.5. The van der Waals surface area contributed by atoms with Crippen molar-refractivity contribution in [2.45, 2.75) is 57.7 Å².